The van der Waals surface area contributed by atoms with Gasteiger partial charge >= 0.3 is 11.7 Å². The van der Waals surface area contributed by atoms with Gasteiger partial charge in [-0.25, -0.2) is 4.79 Å². The molecule has 0 saturated carbocycles. The van der Waals surface area contributed by atoms with Crippen LogP contribution in [0.2, 0.25) is 0 Å². The number of hydrogen-bond acceptors (Lipinski definition) is 4. The van der Waals surface area contributed by atoms with E-state index in [0.717, 1.165) is 10.9 Å². The van der Waals surface area contributed by atoms with E-state index in [-0.39, 0.29) is 12.5 Å². The van der Waals surface area contributed by atoms with Crippen molar-refractivity contribution < 1.29 is 19.1 Å². The zero-order valence-corrected chi connectivity index (χ0v) is 17.4. The quantitative estimate of drug-likeness (QED) is 0.538. The molecule has 0 radical (unpaired) electrons. The van der Waals surface area contributed by atoms with Crippen LogP contribution in [0.4, 0.5) is 4.79 Å². The normalized spacial score (nSPS) is 10.1. The van der Waals surface area contributed by atoms with E-state index in [2.05, 4.69) is 0 Å². The number of nitrogens with zero attached hydrogens (tertiary/aromatic N) is 1. The van der Waals surface area contributed by atoms with E-state index in [1.807, 2.05) is 69.8 Å². The van der Waals surface area contributed by atoms with E-state index in [9.17, 15) is 9.59 Å². The van der Waals surface area contributed by atoms with Crippen LogP contribution in [0, 0.1) is 0 Å². The third kappa shape index (κ3) is 8.17. The Morgan fingerprint density at radius 1 is 1.08 bits per heavy atom. The highest BCUT2D eigenvalue weighted by atomic mass is 31.0. The molecule has 140 valence electrons. The first-order valence-electron chi connectivity index (χ1n) is 8.53. The molecule has 1 heterocycles. The highest BCUT2D eigenvalue weighted by Gasteiger charge is 2.17. The highest BCUT2D eigenvalue weighted by Crippen LogP contribution is 2.23. The van der Waals surface area contributed by atoms with Crippen molar-refractivity contribution in [3.8, 4) is 5.75 Å². The maximum atomic E-state index is 11.9. The Morgan fingerprint density at radius 2 is 1.68 bits per heavy atom. The molecule has 5 nitrogen and oxygen atoms in total. The van der Waals surface area contributed by atoms with Gasteiger partial charge in [-0.15, -0.1) is 0 Å². The predicted molar refractivity (Wildman–Crippen MR) is 106 cm³/mol. The third-order valence-electron chi connectivity index (χ3n) is 2.68. The second-order valence-electron chi connectivity index (χ2n) is 5.67. The average Bonchev–Trinajstić information content (AvgIpc) is 2.91. The number of benzene rings is 1. The summed E-state index contributed by atoms with van der Waals surface area (Å²) >= 11 is 0. The Morgan fingerprint density at radius 3 is 2.20 bits per heavy atom. The summed E-state index contributed by atoms with van der Waals surface area (Å²) in [6.07, 6.45) is 1.81. The lowest BCUT2D eigenvalue weighted by Crippen LogP contribution is -2.26. The molecule has 0 spiro atoms. The van der Waals surface area contributed by atoms with E-state index in [0.29, 0.717) is 5.75 Å². The molecule has 0 aliphatic carbocycles. The van der Waals surface area contributed by atoms with Crippen LogP contribution in [0.5, 0.6) is 5.75 Å². The molecular weight excluding hydrogens is 337 g/mol. The largest absolute Gasteiger partial charge is 0.459 e. The molecule has 1 aromatic carbocycles. The van der Waals surface area contributed by atoms with E-state index in [1.165, 1.54) is 0 Å². The number of hydrogen-bond donors (Lipinski definition) is 0. The van der Waals surface area contributed by atoms with Crippen molar-refractivity contribution >= 4 is 31.8 Å². The van der Waals surface area contributed by atoms with Gasteiger partial charge in [0.2, 0.25) is 0 Å². The molecule has 1 unspecified atom stereocenters. The lowest BCUT2D eigenvalue weighted by Gasteiger charge is -2.19. The molecule has 25 heavy (non-hydrogen) atoms. The molecule has 6 heteroatoms. The van der Waals surface area contributed by atoms with Crippen molar-refractivity contribution in [2.75, 3.05) is 0 Å². The van der Waals surface area contributed by atoms with Gasteiger partial charge in [0.1, 0.15) is 17.9 Å². The number of aromatic nitrogens is 1. The molecule has 0 saturated heterocycles. The monoisotopic (exact) mass is 367 g/mol. The Bertz CT molecular complexity index is 686. The molecule has 2 aromatic rings. The summed E-state index contributed by atoms with van der Waals surface area (Å²) in [6.45, 7) is 13.6. The predicted octanol–water partition coefficient (Wildman–Crippen LogP) is 5.41. The molecule has 1 aromatic heterocycles. The first-order chi connectivity index (χ1) is 11.7. The fourth-order valence-corrected chi connectivity index (χ4v) is 2.13. The Kier molecular flexibility index (Phi) is 10.1. The van der Waals surface area contributed by atoms with Gasteiger partial charge in [-0.05, 0) is 53.6 Å². The summed E-state index contributed by atoms with van der Waals surface area (Å²) in [6, 6.07) is 7.17. The number of fused-ring (bicyclic) bond motifs is 1. The van der Waals surface area contributed by atoms with Gasteiger partial charge in [-0.1, -0.05) is 27.7 Å². The fraction of sp³-hybridized carbons (Fsp3) is 0.474. The van der Waals surface area contributed by atoms with Gasteiger partial charge in [-0.2, -0.15) is 0 Å². The van der Waals surface area contributed by atoms with Gasteiger partial charge in [0, 0.05) is 12.3 Å². The second-order valence-corrected chi connectivity index (χ2v) is 6.14. The lowest BCUT2D eigenvalue weighted by molar-refractivity contribution is -0.155. The molecule has 0 N–H and O–H groups in total. The zero-order chi connectivity index (χ0) is 19.6. The Hall–Kier alpha value is -1.87. The van der Waals surface area contributed by atoms with E-state index in [4.69, 9.17) is 9.47 Å². The first kappa shape index (κ1) is 23.1. The van der Waals surface area contributed by atoms with Crippen LogP contribution in [0.25, 0.3) is 10.9 Å². The first-order valence-corrected chi connectivity index (χ1v) is 9.10. The summed E-state index contributed by atoms with van der Waals surface area (Å²) in [5.74, 6) is 0.125. The third-order valence-corrected chi connectivity index (χ3v) is 2.80. The summed E-state index contributed by atoms with van der Waals surface area (Å²) in [4.78, 5) is 22.9. The lowest BCUT2D eigenvalue weighted by atomic mass is 10.2. The van der Waals surface area contributed by atoms with Gasteiger partial charge in [0.15, 0.2) is 0 Å². The maximum Gasteiger partial charge on any atom is 0.326 e. The van der Waals surface area contributed by atoms with E-state index in [1.54, 1.807) is 22.9 Å². The van der Waals surface area contributed by atoms with Crippen LogP contribution >= 0.6 is 9.24 Å². The molecule has 1 atom stereocenters. The van der Waals surface area contributed by atoms with Gasteiger partial charge in [-0.3, -0.25) is 4.79 Å². The summed E-state index contributed by atoms with van der Waals surface area (Å²) in [7, 11) is 1.96. The average molecular weight is 367 g/mol. The number of rotatable bonds is 3. The summed E-state index contributed by atoms with van der Waals surface area (Å²) in [5.41, 5.74) is -0.163. The Balaban J connectivity index is 0.00000134. The Labute approximate surface area is 152 Å². The van der Waals surface area contributed by atoms with Crippen LogP contribution in [-0.4, -0.2) is 21.8 Å². The van der Waals surface area contributed by atoms with Crippen LogP contribution in [0.1, 0.15) is 48.5 Å². The molecule has 0 bridgehead atoms. The molecule has 0 aliphatic heterocycles. The van der Waals surface area contributed by atoms with Crippen molar-refractivity contribution in [3.63, 3.8) is 0 Å². The molecule has 0 aliphatic rings. The van der Waals surface area contributed by atoms with Gasteiger partial charge in [0.05, 0.1) is 5.52 Å². The number of esters is 1. The van der Waals surface area contributed by atoms with Crippen molar-refractivity contribution in [2.45, 2.75) is 60.6 Å². The van der Waals surface area contributed by atoms with Crippen LogP contribution in [-0.2, 0) is 16.1 Å². The standard InChI is InChI=1S/C15H18NO4P.2C2H6/c1-15(2,3)20-13(17)9-16-7-6-10-4-5-11(8-12(10)16)19-14(18)21;2*1-2/h4-8H,9,21H2,1-3H3;2*1-2H3. The van der Waals surface area contributed by atoms with Gasteiger partial charge < -0.3 is 14.0 Å². The topological polar surface area (TPSA) is 57.5 Å². The van der Waals surface area contributed by atoms with Crippen LogP contribution in [0.15, 0.2) is 30.5 Å². The van der Waals surface area contributed by atoms with E-state index < -0.39 is 11.3 Å². The summed E-state index contributed by atoms with van der Waals surface area (Å²) in [5, 5.41) is 0.960. The van der Waals surface area contributed by atoms with Crippen molar-refractivity contribution in [3.05, 3.63) is 30.5 Å². The van der Waals surface area contributed by atoms with Crippen molar-refractivity contribution in [1.82, 2.24) is 4.57 Å². The number of ether oxygens (including phenoxy) is 2. The molecule has 2 rings (SSSR count). The summed E-state index contributed by atoms with van der Waals surface area (Å²) < 4.78 is 12.1. The molecule has 0 amide bonds. The van der Waals surface area contributed by atoms with Crippen molar-refractivity contribution in [1.29, 1.82) is 0 Å². The van der Waals surface area contributed by atoms with Crippen LogP contribution in [0.3, 0.4) is 0 Å². The fourth-order valence-electron chi connectivity index (χ4n) is 1.99. The number of carbonyl (C=O) groups excluding carboxylic acids is 2. The van der Waals surface area contributed by atoms with Crippen LogP contribution < -0.4 is 4.74 Å². The smallest absolute Gasteiger partial charge is 0.326 e. The maximum absolute atomic E-state index is 11.9. The highest BCUT2D eigenvalue weighted by molar-refractivity contribution is 7.39. The number of carbonyl (C=O) groups is 2. The molecule has 0 fully saturated rings. The second kappa shape index (κ2) is 10.9. The minimum atomic E-state index is -0.514. The van der Waals surface area contributed by atoms with Gasteiger partial charge in [0.25, 0.3) is 0 Å². The van der Waals surface area contributed by atoms with Crippen molar-refractivity contribution in [2.24, 2.45) is 0 Å². The molecular formula is C19H30NO4P. The van der Waals surface area contributed by atoms with E-state index >= 15 is 0 Å². The zero-order valence-electron chi connectivity index (χ0n) is 16.3. The minimum Gasteiger partial charge on any atom is -0.459 e. The minimum absolute atomic E-state index is 0.110. The SMILES string of the molecule is CC.CC.CC(C)(C)OC(=O)Cn1ccc2ccc(OC(=O)P)cc21.